The highest BCUT2D eigenvalue weighted by molar-refractivity contribution is 5.82. The average Bonchev–Trinajstić information content (AvgIpc) is 2.89. The molecule has 2 bridgehead atoms. The predicted octanol–water partition coefficient (Wildman–Crippen LogP) is 4.92. The standard InChI is InChI=1S/C29H38FN2O2/c1-29(25-8-4-2-5-9-25,31-17-6-3-7-18-31)28(33)34-27-22-32(20-15-24(27)16-21-32)19-14-23-10-12-26(30)13-11-23/h2,4-5,8-13,24,27H,3,6-7,14-22H2,1H3/q+1/t24?,27-,29+,32?/m1/s1. The lowest BCUT2D eigenvalue weighted by Gasteiger charge is -2.53. The SMILES string of the molecule is C[C@@](C(=O)O[C@@H]1C[N+]2(CCc3ccc(F)cc3)CCC1CC2)(c1ccccc1)N1CCCCC1. The minimum absolute atomic E-state index is 0.0176. The summed E-state index contributed by atoms with van der Waals surface area (Å²) in [6, 6.07) is 17.1. The lowest BCUT2D eigenvalue weighted by molar-refractivity contribution is -0.946. The Morgan fingerprint density at radius 3 is 2.38 bits per heavy atom. The molecule has 0 amide bonds. The molecule has 4 heterocycles. The normalized spacial score (nSPS) is 28.9. The molecular weight excluding hydrogens is 427 g/mol. The van der Waals surface area contributed by atoms with Crippen molar-refractivity contribution < 1.29 is 18.4 Å². The summed E-state index contributed by atoms with van der Waals surface area (Å²) in [7, 11) is 0. The fraction of sp³-hybridized carbons (Fsp3) is 0.552. The number of fused-ring (bicyclic) bond motifs is 3. The number of carbonyl (C=O) groups is 1. The molecule has 2 aromatic carbocycles. The summed E-state index contributed by atoms with van der Waals surface area (Å²) in [5.74, 6) is 0.198. The molecule has 0 N–H and O–H groups in total. The Bertz CT molecular complexity index is 965. The van der Waals surface area contributed by atoms with Crippen LogP contribution in [-0.4, -0.2) is 60.7 Å². The lowest BCUT2D eigenvalue weighted by Crippen LogP contribution is -2.65. The first-order valence-corrected chi connectivity index (χ1v) is 13.1. The summed E-state index contributed by atoms with van der Waals surface area (Å²) in [6.07, 6.45) is 6.64. The quantitative estimate of drug-likeness (QED) is 0.429. The van der Waals surface area contributed by atoms with Crippen LogP contribution < -0.4 is 0 Å². The number of likely N-dealkylation sites (tertiary alicyclic amines) is 1. The number of nitrogens with zero attached hydrogens (tertiary/aromatic N) is 2. The van der Waals surface area contributed by atoms with E-state index >= 15 is 0 Å². The number of hydrogen-bond acceptors (Lipinski definition) is 3. The summed E-state index contributed by atoms with van der Waals surface area (Å²) in [5, 5.41) is 0. The van der Waals surface area contributed by atoms with Crippen molar-refractivity contribution >= 4 is 5.97 Å². The van der Waals surface area contributed by atoms with Crippen molar-refractivity contribution in [1.29, 1.82) is 0 Å². The van der Waals surface area contributed by atoms with Gasteiger partial charge in [0.1, 0.15) is 17.9 Å². The van der Waals surface area contributed by atoms with E-state index < -0.39 is 5.54 Å². The first-order valence-electron chi connectivity index (χ1n) is 13.1. The Balaban J connectivity index is 1.31. The molecule has 4 aliphatic heterocycles. The van der Waals surface area contributed by atoms with Crippen molar-refractivity contribution in [2.45, 2.75) is 57.1 Å². The van der Waals surface area contributed by atoms with E-state index in [0.717, 1.165) is 81.4 Å². The van der Waals surface area contributed by atoms with Crippen LogP contribution in [0.3, 0.4) is 0 Å². The van der Waals surface area contributed by atoms with Gasteiger partial charge in [0.05, 0.1) is 19.6 Å². The van der Waals surface area contributed by atoms with E-state index in [4.69, 9.17) is 4.74 Å². The van der Waals surface area contributed by atoms with Crippen molar-refractivity contribution in [1.82, 2.24) is 4.90 Å². The van der Waals surface area contributed by atoms with Gasteiger partial charge in [-0.15, -0.1) is 0 Å². The first-order chi connectivity index (χ1) is 16.5. The number of esters is 1. The smallest absolute Gasteiger partial charge is 0.331 e. The molecule has 4 saturated heterocycles. The largest absolute Gasteiger partial charge is 0.454 e. The van der Waals surface area contributed by atoms with Crippen LogP contribution in [0.2, 0.25) is 0 Å². The Hall–Kier alpha value is -2.24. The number of hydrogen-bond donors (Lipinski definition) is 0. The third-order valence-electron chi connectivity index (χ3n) is 8.81. The number of piperidine rings is 4. The first kappa shape index (κ1) is 23.5. The number of carbonyl (C=O) groups excluding carboxylic acids is 1. The molecule has 6 rings (SSSR count). The molecule has 0 saturated carbocycles. The zero-order chi connectivity index (χ0) is 23.6. The molecule has 0 aromatic heterocycles. The van der Waals surface area contributed by atoms with Gasteiger partial charge in [0.25, 0.3) is 0 Å². The van der Waals surface area contributed by atoms with Crippen LogP contribution in [0, 0.1) is 11.7 Å². The van der Waals surface area contributed by atoms with Crippen molar-refractivity contribution in [3.8, 4) is 0 Å². The van der Waals surface area contributed by atoms with E-state index in [1.54, 1.807) is 12.1 Å². The van der Waals surface area contributed by atoms with Crippen LogP contribution >= 0.6 is 0 Å². The number of benzene rings is 2. The molecule has 0 spiro atoms. The van der Waals surface area contributed by atoms with Crippen LogP contribution in [0.5, 0.6) is 0 Å². The third-order valence-corrected chi connectivity index (χ3v) is 8.81. The van der Waals surface area contributed by atoms with E-state index in [1.165, 1.54) is 12.0 Å². The van der Waals surface area contributed by atoms with Crippen LogP contribution in [0.15, 0.2) is 54.6 Å². The molecule has 0 aliphatic carbocycles. The van der Waals surface area contributed by atoms with Crippen molar-refractivity contribution in [3.05, 3.63) is 71.5 Å². The van der Waals surface area contributed by atoms with E-state index in [9.17, 15) is 9.18 Å². The van der Waals surface area contributed by atoms with Gasteiger partial charge in [-0.1, -0.05) is 48.9 Å². The highest BCUT2D eigenvalue weighted by Crippen LogP contribution is 2.39. The molecule has 0 radical (unpaired) electrons. The third kappa shape index (κ3) is 4.65. The van der Waals surface area contributed by atoms with Gasteiger partial charge in [0.2, 0.25) is 0 Å². The number of rotatable bonds is 7. The maximum absolute atomic E-state index is 13.9. The molecule has 4 fully saturated rings. The minimum Gasteiger partial charge on any atom is -0.454 e. The summed E-state index contributed by atoms with van der Waals surface area (Å²) >= 11 is 0. The Morgan fingerprint density at radius 2 is 1.71 bits per heavy atom. The monoisotopic (exact) mass is 465 g/mol. The summed E-state index contributed by atoms with van der Waals surface area (Å²) in [5.41, 5.74) is 1.47. The maximum atomic E-state index is 13.9. The summed E-state index contributed by atoms with van der Waals surface area (Å²) in [4.78, 5) is 16.3. The Labute approximate surface area is 203 Å². The van der Waals surface area contributed by atoms with E-state index in [0.29, 0.717) is 5.92 Å². The second-order valence-electron chi connectivity index (χ2n) is 10.8. The topological polar surface area (TPSA) is 29.5 Å². The lowest BCUT2D eigenvalue weighted by atomic mass is 9.82. The minimum atomic E-state index is -0.743. The molecule has 4 nitrogen and oxygen atoms in total. The van der Waals surface area contributed by atoms with Crippen LogP contribution in [0.25, 0.3) is 0 Å². The molecular formula is C29H38FN2O2+. The fourth-order valence-electron chi connectivity index (χ4n) is 6.47. The molecule has 34 heavy (non-hydrogen) atoms. The van der Waals surface area contributed by atoms with Gasteiger partial charge in [-0.2, -0.15) is 0 Å². The zero-order valence-electron chi connectivity index (χ0n) is 20.4. The molecule has 4 aliphatic rings. The van der Waals surface area contributed by atoms with Gasteiger partial charge >= 0.3 is 5.97 Å². The second-order valence-corrected chi connectivity index (χ2v) is 10.8. The van der Waals surface area contributed by atoms with Crippen LogP contribution in [0.1, 0.15) is 50.2 Å². The van der Waals surface area contributed by atoms with Crippen LogP contribution in [-0.2, 0) is 21.5 Å². The van der Waals surface area contributed by atoms with Gasteiger partial charge in [0.15, 0.2) is 6.10 Å². The molecule has 0 unspecified atom stereocenters. The van der Waals surface area contributed by atoms with Crippen molar-refractivity contribution in [3.63, 3.8) is 0 Å². The summed E-state index contributed by atoms with van der Waals surface area (Å²) < 4.78 is 20.8. The van der Waals surface area contributed by atoms with Gasteiger partial charge in [-0.25, -0.2) is 9.18 Å². The van der Waals surface area contributed by atoms with Gasteiger partial charge < -0.3 is 9.22 Å². The predicted molar refractivity (Wildman–Crippen MR) is 132 cm³/mol. The zero-order valence-corrected chi connectivity index (χ0v) is 20.4. The molecule has 2 atom stereocenters. The van der Waals surface area contributed by atoms with E-state index in [2.05, 4.69) is 24.0 Å². The van der Waals surface area contributed by atoms with Crippen LogP contribution in [0.4, 0.5) is 4.39 Å². The van der Waals surface area contributed by atoms with Gasteiger partial charge in [0, 0.05) is 25.2 Å². The highest BCUT2D eigenvalue weighted by Gasteiger charge is 2.50. The molecule has 2 aromatic rings. The fourth-order valence-corrected chi connectivity index (χ4v) is 6.47. The Morgan fingerprint density at radius 1 is 1.03 bits per heavy atom. The molecule has 182 valence electrons. The average molecular weight is 466 g/mol. The number of halogens is 1. The van der Waals surface area contributed by atoms with Crippen molar-refractivity contribution in [2.24, 2.45) is 5.92 Å². The number of ether oxygens (including phenoxy) is 1. The summed E-state index contributed by atoms with van der Waals surface area (Å²) in [6.45, 7) is 8.18. The molecule has 5 heteroatoms. The second kappa shape index (κ2) is 9.79. The highest BCUT2D eigenvalue weighted by atomic mass is 19.1. The number of quaternary nitrogens is 1. The van der Waals surface area contributed by atoms with Gasteiger partial charge in [-0.3, -0.25) is 4.90 Å². The maximum Gasteiger partial charge on any atom is 0.331 e. The van der Waals surface area contributed by atoms with Gasteiger partial charge in [-0.05, 0) is 56.1 Å². The Kier molecular flexibility index (Phi) is 6.76. The van der Waals surface area contributed by atoms with Crippen molar-refractivity contribution in [2.75, 3.05) is 39.3 Å². The van der Waals surface area contributed by atoms with E-state index in [-0.39, 0.29) is 17.9 Å². The van der Waals surface area contributed by atoms with E-state index in [1.807, 2.05) is 30.3 Å².